The average molecular weight is 402 g/mol. The molecule has 2 aromatic rings. The van der Waals surface area contributed by atoms with E-state index in [1.54, 1.807) is 10.6 Å². The van der Waals surface area contributed by atoms with Crippen LogP contribution in [0.5, 0.6) is 5.88 Å². The van der Waals surface area contributed by atoms with Crippen molar-refractivity contribution in [2.45, 2.75) is 84.3 Å². The molecule has 8 nitrogen and oxygen atoms in total. The second-order valence-electron chi connectivity index (χ2n) is 9.68. The molecule has 0 radical (unpaired) electrons. The molecule has 2 saturated carbocycles. The van der Waals surface area contributed by atoms with Crippen LogP contribution in [0, 0.1) is 5.41 Å². The van der Waals surface area contributed by atoms with Crippen LogP contribution in [-0.4, -0.2) is 37.3 Å². The highest BCUT2D eigenvalue weighted by Gasteiger charge is 2.30. The molecule has 8 heteroatoms. The molecule has 0 aromatic carbocycles. The molecule has 2 heterocycles. The van der Waals surface area contributed by atoms with Gasteiger partial charge < -0.3 is 15.7 Å². The van der Waals surface area contributed by atoms with Crippen LogP contribution >= 0.6 is 0 Å². The van der Waals surface area contributed by atoms with Crippen LogP contribution in [0.3, 0.4) is 0 Å². The minimum absolute atomic E-state index is 0.0919. The van der Waals surface area contributed by atoms with E-state index < -0.39 is 11.5 Å². The number of nitrogens with zero attached hydrogens (tertiary/aromatic N) is 3. The first-order valence-electron chi connectivity index (χ1n) is 10.7. The van der Waals surface area contributed by atoms with Crippen LogP contribution in [0.1, 0.15) is 76.1 Å². The molecule has 3 N–H and O–H groups in total. The predicted octanol–water partition coefficient (Wildman–Crippen LogP) is 2.88. The van der Waals surface area contributed by atoms with Crippen LogP contribution in [-0.2, 0) is 6.54 Å². The fourth-order valence-electron chi connectivity index (χ4n) is 4.00. The molecule has 0 unspecified atom stereocenters. The van der Waals surface area contributed by atoms with E-state index in [1.807, 2.05) is 20.8 Å². The number of hydrogen-bond acceptors (Lipinski definition) is 5. The summed E-state index contributed by atoms with van der Waals surface area (Å²) in [5.74, 6) is -0.215. The van der Waals surface area contributed by atoms with Gasteiger partial charge in [0.05, 0.1) is 0 Å². The smallest absolute Gasteiger partial charge is 0.291 e. The molecule has 29 heavy (non-hydrogen) atoms. The molecule has 2 fully saturated rings. The van der Waals surface area contributed by atoms with Crippen molar-refractivity contribution in [3.63, 3.8) is 0 Å². The second-order valence-corrected chi connectivity index (χ2v) is 9.68. The van der Waals surface area contributed by atoms with E-state index in [-0.39, 0.29) is 22.9 Å². The summed E-state index contributed by atoms with van der Waals surface area (Å²) in [5.41, 5.74) is -0.499. The number of carbonyl (C=O) groups excluding carboxylic acids is 1. The van der Waals surface area contributed by atoms with Crippen molar-refractivity contribution in [1.82, 2.24) is 19.5 Å². The largest absolute Gasteiger partial charge is 0.494 e. The van der Waals surface area contributed by atoms with E-state index >= 15 is 0 Å². The van der Waals surface area contributed by atoms with Gasteiger partial charge in [0, 0.05) is 24.7 Å². The second kappa shape index (κ2) is 7.39. The summed E-state index contributed by atoms with van der Waals surface area (Å²) in [6.07, 6.45) is 7.61. The number of hydrogen-bond donors (Lipinski definition) is 3. The van der Waals surface area contributed by atoms with E-state index in [9.17, 15) is 14.7 Å². The lowest BCUT2D eigenvalue weighted by Gasteiger charge is -2.23. The summed E-state index contributed by atoms with van der Waals surface area (Å²) < 4.78 is 2.88. The number of aromatic nitrogens is 3. The number of nitrogens with one attached hydrogen (secondary N) is 2. The van der Waals surface area contributed by atoms with Gasteiger partial charge in [-0.2, -0.15) is 4.52 Å². The standard InChI is InChI=1S/C21H31N5O3/c1-21(2,3)12-25-16-11-15(22-13-7-5-4-6-8-13)24-26(16)20(29)17(19(25)28)18(27)23-14-9-10-14/h11,13-14,28H,4-10,12H2,1-3H3,(H,22,24)(H,23,27). The van der Waals surface area contributed by atoms with Crippen molar-refractivity contribution in [2.24, 2.45) is 5.41 Å². The number of fused-ring (bicyclic) bond motifs is 1. The van der Waals surface area contributed by atoms with Gasteiger partial charge in [-0.25, -0.2) is 0 Å². The maximum atomic E-state index is 13.1. The summed E-state index contributed by atoms with van der Waals surface area (Å²) in [6.45, 7) is 6.58. The van der Waals surface area contributed by atoms with E-state index in [4.69, 9.17) is 0 Å². The van der Waals surface area contributed by atoms with Crippen molar-refractivity contribution in [3.05, 3.63) is 22.0 Å². The Balaban J connectivity index is 1.79. The predicted molar refractivity (Wildman–Crippen MR) is 112 cm³/mol. The van der Waals surface area contributed by atoms with Gasteiger partial charge in [-0.1, -0.05) is 40.0 Å². The van der Waals surface area contributed by atoms with E-state index in [0.29, 0.717) is 24.1 Å². The Morgan fingerprint density at radius 3 is 2.48 bits per heavy atom. The van der Waals surface area contributed by atoms with Crippen molar-refractivity contribution in [2.75, 3.05) is 5.32 Å². The molecule has 0 saturated heterocycles. The lowest BCUT2D eigenvalue weighted by Crippen LogP contribution is -2.35. The number of carbonyl (C=O) groups is 1. The van der Waals surface area contributed by atoms with E-state index in [1.165, 1.54) is 23.8 Å². The van der Waals surface area contributed by atoms with Crippen molar-refractivity contribution in [3.8, 4) is 5.88 Å². The summed E-state index contributed by atoms with van der Waals surface area (Å²) in [6, 6.07) is 2.23. The summed E-state index contributed by atoms with van der Waals surface area (Å²) in [5, 5.41) is 21.6. The average Bonchev–Trinajstić information content (AvgIpc) is 3.35. The van der Waals surface area contributed by atoms with Gasteiger partial charge in [0.25, 0.3) is 11.5 Å². The molecular weight excluding hydrogens is 370 g/mol. The van der Waals surface area contributed by atoms with Gasteiger partial charge in [0.15, 0.2) is 11.4 Å². The molecule has 4 rings (SSSR count). The molecule has 2 aliphatic carbocycles. The molecule has 2 aliphatic rings. The zero-order chi connectivity index (χ0) is 20.8. The van der Waals surface area contributed by atoms with Crippen LogP contribution < -0.4 is 16.2 Å². The third-order valence-electron chi connectivity index (χ3n) is 5.58. The lowest BCUT2D eigenvalue weighted by atomic mass is 9.95. The maximum Gasteiger partial charge on any atom is 0.291 e. The minimum Gasteiger partial charge on any atom is -0.494 e. The van der Waals surface area contributed by atoms with Gasteiger partial charge in [-0.15, -0.1) is 5.10 Å². The Morgan fingerprint density at radius 1 is 1.17 bits per heavy atom. The summed E-state index contributed by atoms with van der Waals surface area (Å²) in [7, 11) is 0. The van der Waals surface area contributed by atoms with Gasteiger partial charge >= 0.3 is 0 Å². The molecule has 0 spiro atoms. The molecular formula is C21H31N5O3. The first kappa shape index (κ1) is 19.8. The number of aromatic hydroxyl groups is 1. The fourth-order valence-corrected chi connectivity index (χ4v) is 4.00. The maximum absolute atomic E-state index is 13.1. The van der Waals surface area contributed by atoms with Crippen LogP contribution in [0.15, 0.2) is 10.9 Å². The molecule has 0 aliphatic heterocycles. The molecule has 0 bridgehead atoms. The summed E-state index contributed by atoms with van der Waals surface area (Å²) >= 11 is 0. The normalized spacial score (nSPS) is 18.2. The highest BCUT2D eigenvalue weighted by molar-refractivity contribution is 5.96. The SMILES string of the molecule is CC(C)(C)Cn1c(O)c(C(=O)NC2CC2)c(=O)n2nc(NC3CCCCC3)cc12. The van der Waals surface area contributed by atoms with Crippen LogP contribution in [0.2, 0.25) is 0 Å². The topological polar surface area (TPSA) is 101 Å². The first-order chi connectivity index (χ1) is 13.7. The minimum atomic E-state index is -0.586. The van der Waals surface area contributed by atoms with Gasteiger partial charge in [0.1, 0.15) is 5.65 Å². The van der Waals surface area contributed by atoms with Crippen LogP contribution in [0.25, 0.3) is 5.65 Å². The van der Waals surface area contributed by atoms with Gasteiger partial charge in [-0.05, 0) is 31.1 Å². The monoisotopic (exact) mass is 401 g/mol. The van der Waals surface area contributed by atoms with Crippen molar-refractivity contribution in [1.29, 1.82) is 0 Å². The zero-order valence-corrected chi connectivity index (χ0v) is 17.5. The number of amides is 1. The lowest BCUT2D eigenvalue weighted by molar-refractivity contribution is 0.0944. The number of anilines is 1. The van der Waals surface area contributed by atoms with Crippen LogP contribution in [0.4, 0.5) is 5.82 Å². The quantitative estimate of drug-likeness (QED) is 0.715. The Labute approximate surface area is 170 Å². The number of rotatable bonds is 5. The van der Waals surface area contributed by atoms with Gasteiger partial charge in [0.2, 0.25) is 5.88 Å². The van der Waals surface area contributed by atoms with Crippen molar-refractivity contribution >= 4 is 17.4 Å². The Bertz CT molecular complexity index is 975. The highest BCUT2D eigenvalue weighted by Crippen LogP contribution is 2.28. The molecule has 2 aromatic heterocycles. The molecule has 1 amide bonds. The third kappa shape index (κ3) is 4.26. The zero-order valence-electron chi connectivity index (χ0n) is 17.5. The Hall–Kier alpha value is -2.51. The van der Waals surface area contributed by atoms with Crippen molar-refractivity contribution < 1.29 is 9.90 Å². The first-order valence-corrected chi connectivity index (χ1v) is 10.7. The highest BCUT2D eigenvalue weighted by atomic mass is 16.3. The molecule has 158 valence electrons. The summed E-state index contributed by atoms with van der Waals surface area (Å²) in [4.78, 5) is 25.7. The van der Waals surface area contributed by atoms with Gasteiger partial charge in [-0.3, -0.25) is 14.2 Å². The molecule has 0 atom stereocenters. The third-order valence-corrected chi connectivity index (χ3v) is 5.58. The fraction of sp³-hybridized carbons (Fsp3) is 0.667. The van der Waals surface area contributed by atoms with E-state index in [2.05, 4.69) is 15.7 Å². The Morgan fingerprint density at radius 2 is 1.86 bits per heavy atom. The van der Waals surface area contributed by atoms with E-state index in [0.717, 1.165) is 25.7 Å². The Kier molecular flexibility index (Phi) is 5.04.